The van der Waals surface area contributed by atoms with Crippen LogP contribution < -0.4 is 5.32 Å². The third kappa shape index (κ3) is 1.64. The Hall–Kier alpha value is -2.02. The fraction of sp³-hybridized carbons (Fsp3) is 0.400. The molecule has 0 atom stereocenters. The molecule has 1 amide bonds. The zero-order chi connectivity index (χ0) is 11.8. The van der Waals surface area contributed by atoms with Crippen LogP contribution in [-0.2, 0) is 4.74 Å². The van der Waals surface area contributed by atoms with Gasteiger partial charge in [0.05, 0.1) is 30.5 Å². The lowest BCUT2D eigenvalue weighted by Gasteiger charge is -2.26. The van der Waals surface area contributed by atoms with Crippen molar-refractivity contribution >= 4 is 11.7 Å². The third-order valence-corrected chi connectivity index (χ3v) is 2.76. The summed E-state index contributed by atoms with van der Waals surface area (Å²) in [5, 5.41) is 6.88. The summed E-state index contributed by atoms with van der Waals surface area (Å²) in [7, 11) is 0. The van der Waals surface area contributed by atoms with E-state index >= 15 is 0 Å². The number of carbonyl (C=O) groups excluding carboxylic acids is 1. The van der Waals surface area contributed by atoms with Gasteiger partial charge in [0, 0.05) is 6.20 Å². The number of aryl methyl sites for hydroxylation is 1. The number of rotatable bonds is 2. The van der Waals surface area contributed by atoms with Crippen molar-refractivity contribution in [3.63, 3.8) is 0 Å². The predicted molar refractivity (Wildman–Crippen MR) is 57.6 cm³/mol. The first-order valence-corrected chi connectivity index (χ1v) is 5.29. The molecule has 0 spiro atoms. The molecule has 2 aromatic heterocycles. The Labute approximate surface area is 96.8 Å². The highest BCUT2D eigenvalue weighted by molar-refractivity contribution is 5.95. The molecule has 88 valence electrons. The Morgan fingerprint density at radius 1 is 1.53 bits per heavy atom. The minimum Gasteiger partial charge on any atom is -0.377 e. The first kappa shape index (κ1) is 10.2. The number of hydrogen-bond acceptors (Lipinski definition) is 5. The third-order valence-electron chi connectivity index (χ3n) is 2.76. The maximum atomic E-state index is 12.0. The van der Waals surface area contributed by atoms with Crippen LogP contribution in [0.15, 0.2) is 12.5 Å². The maximum Gasteiger partial charge on any atom is 0.255 e. The van der Waals surface area contributed by atoms with Crippen LogP contribution in [0.4, 0.5) is 0 Å². The summed E-state index contributed by atoms with van der Waals surface area (Å²) in [5.41, 5.74) is 1.24. The van der Waals surface area contributed by atoms with Crippen LogP contribution in [0.1, 0.15) is 16.1 Å². The molecule has 0 bridgehead atoms. The van der Waals surface area contributed by atoms with Crippen molar-refractivity contribution < 1.29 is 9.53 Å². The molecule has 1 fully saturated rings. The molecule has 3 rings (SSSR count). The van der Waals surface area contributed by atoms with Crippen molar-refractivity contribution in [2.45, 2.75) is 13.0 Å². The number of amides is 1. The zero-order valence-corrected chi connectivity index (χ0v) is 9.25. The smallest absolute Gasteiger partial charge is 0.255 e. The van der Waals surface area contributed by atoms with E-state index in [-0.39, 0.29) is 11.9 Å². The van der Waals surface area contributed by atoms with Crippen LogP contribution in [0, 0.1) is 6.92 Å². The number of nitrogens with zero attached hydrogens (tertiary/aromatic N) is 4. The van der Waals surface area contributed by atoms with Crippen molar-refractivity contribution in [2.75, 3.05) is 13.2 Å². The highest BCUT2D eigenvalue weighted by Gasteiger charge is 2.22. The first-order valence-electron chi connectivity index (χ1n) is 5.29. The number of fused-ring (bicyclic) bond motifs is 1. The van der Waals surface area contributed by atoms with Crippen LogP contribution in [0.25, 0.3) is 5.78 Å². The second-order valence-corrected chi connectivity index (χ2v) is 3.94. The fourth-order valence-electron chi connectivity index (χ4n) is 1.69. The Bertz CT molecular complexity index is 575. The summed E-state index contributed by atoms with van der Waals surface area (Å²) in [6, 6.07) is 0.105. The zero-order valence-electron chi connectivity index (χ0n) is 9.25. The SMILES string of the molecule is Cc1c(C(=O)NC2COC2)cnc2ncnn12. The molecule has 7 nitrogen and oxygen atoms in total. The molecule has 1 aliphatic heterocycles. The predicted octanol–water partition coefficient (Wildman–Crippen LogP) is -0.439. The van der Waals surface area contributed by atoms with E-state index in [1.54, 1.807) is 4.52 Å². The quantitative estimate of drug-likeness (QED) is 0.760. The minimum atomic E-state index is -0.152. The maximum absolute atomic E-state index is 12.0. The van der Waals surface area contributed by atoms with E-state index in [1.807, 2.05) is 6.92 Å². The molecule has 0 radical (unpaired) electrons. The van der Waals surface area contributed by atoms with Gasteiger partial charge in [-0.15, -0.1) is 0 Å². The van der Waals surface area contributed by atoms with E-state index in [0.717, 1.165) is 5.69 Å². The highest BCUT2D eigenvalue weighted by Crippen LogP contribution is 2.09. The molecule has 1 saturated heterocycles. The number of nitrogens with one attached hydrogen (secondary N) is 1. The van der Waals surface area contributed by atoms with Gasteiger partial charge < -0.3 is 10.1 Å². The van der Waals surface area contributed by atoms with Gasteiger partial charge in [-0.1, -0.05) is 0 Å². The fourth-order valence-corrected chi connectivity index (χ4v) is 1.69. The lowest BCUT2D eigenvalue weighted by Crippen LogP contribution is -2.48. The Balaban J connectivity index is 1.92. The average molecular weight is 233 g/mol. The lowest BCUT2D eigenvalue weighted by molar-refractivity contribution is -0.00349. The van der Waals surface area contributed by atoms with Crippen molar-refractivity contribution in [1.82, 2.24) is 24.9 Å². The molecule has 0 saturated carbocycles. The van der Waals surface area contributed by atoms with E-state index in [9.17, 15) is 4.79 Å². The van der Waals surface area contributed by atoms with Crippen LogP contribution in [0.2, 0.25) is 0 Å². The molecule has 2 aromatic rings. The largest absolute Gasteiger partial charge is 0.377 e. The molecule has 17 heavy (non-hydrogen) atoms. The lowest BCUT2D eigenvalue weighted by atomic mass is 10.2. The molecule has 0 aliphatic carbocycles. The molecule has 0 unspecified atom stereocenters. The second kappa shape index (κ2) is 3.77. The van der Waals surface area contributed by atoms with E-state index in [0.29, 0.717) is 24.6 Å². The molecule has 1 N–H and O–H groups in total. The summed E-state index contributed by atoms with van der Waals surface area (Å²) < 4.78 is 6.55. The summed E-state index contributed by atoms with van der Waals surface area (Å²) in [4.78, 5) is 20.0. The van der Waals surface area contributed by atoms with Gasteiger partial charge in [-0.2, -0.15) is 10.1 Å². The monoisotopic (exact) mass is 233 g/mol. The summed E-state index contributed by atoms with van der Waals surface area (Å²) in [6.45, 7) is 2.96. The Kier molecular flexibility index (Phi) is 2.25. The van der Waals surface area contributed by atoms with E-state index in [2.05, 4.69) is 20.4 Å². The molecule has 1 aliphatic rings. The van der Waals surface area contributed by atoms with Gasteiger partial charge in [0.25, 0.3) is 11.7 Å². The van der Waals surface area contributed by atoms with E-state index < -0.39 is 0 Å². The summed E-state index contributed by atoms with van der Waals surface area (Å²) in [6.07, 6.45) is 2.94. The van der Waals surface area contributed by atoms with Gasteiger partial charge in [-0.05, 0) is 6.92 Å². The summed E-state index contributed by atoms with van der Waals surface area (Å²) in [5.74, 6) is 0.340. The number of ether oxygens (including phenoxy) is 1. The minimum absolute atomic E-state index is 0.105. The number of hydrogen-bond donors (Lipinski definition) is 1. The van der Waals surface area contributed by atoms with E-state index in [4.69, 9.17) is 4.74 Å². The van der Waals surface area contributed by atoms with Crippen molar-refractivity contribution in [3.8, 4) is 0 Å². The van der Waals surface area contributed by atoms with Gasteiger partial charge in [0.1, 0.15) is 6.33 Å². The van der Waals surface area contributed by atoms with Gasteiger partial charge >= 0.3 is 0 Å². The van der Waals surface area contributed by atoms with Crippen molar-refractivity contribution in [1.29, 1.82) is 0 Å². The van der Waals surface area contributed by atoms with Gasteiger partial charge in [0.2, 0.25) is 0 Å². The highest BCUT2D eigenvalue weighted by atomic mass is 16.5. The standard InChI is InChI=1S/C10H11N5O2/c1-6-8(9(16)14-7-3-17-4-7)2-11-10-12-5-13-15(6)10/h2,5,7H,3-4H2,1H3,(H,14,16). The van der Waals surface area contributed by atoms with Crippen molar-refractivity contribution in [3.05, 3.63) is 23.8 Å². The molecule has 7 heteroatoms. The molecule has 3 heterocycles. The topological polar surface area (TPSA) is 81.4 Å². The Morgan fingerprint density at radius 2 is 2.35 bits per heavy atom. The number of aromatic nitrogens is 4. The van der Waals surface area contributed by atoms with Gasteiger partial charge in [-0.25, -0.2) is 9.50 Å². The Morgan fingerprint density at radius 3 is 3.06 bits per heavy atom. The van der Waals surface area contributed by atoms with E-state index in [1.165, 1.54) is 12.5 Å². The second-order valence-electron chi connectivity index (χ2n) is 3.94. The molecular weight excluding hydrogens is 222 g/mol. The molecule has 0 aromatic carbocycles. The normalized spacial score (nSPS) is 15.8. The average Bonchev–Trinajstić information content (AvgIpc) is 2.72. The van der Waals surface area contributed by atoms with Crippen LogP contribution >= 0.6 is 0 Å². The number of carbonyl (C=O) groups is 1. The van der Waals surface area contributed by atoms with Gasteiger partial charge in [0.15, 0.2) is 0 Å². The van der Waals surface area contributed by atoms with Crippen LogP contribution in [-0.4, -0.2) is 44.7 Å². The molecular formula is C10H11N5O2. The van der Waals surface area contributed by atoms with Crippen LogP contribution in [0.5, 0.6) is 0 Å². The van der Waals surface area contributed by atoms with Crippen LogP contribution in [0.3, 0.4) is 0 Å². The summed E-state index contributed by atoms with van der Waals surface area (Å²) >= 11 is 0. The van der Waals surface area contributed by atoms with Gasteiger partial charge in [-0.3, -0.25) is 4.79 Å². The van der Waals surface area contributed by atoms with Crippen molar-refractivity contribution in [2.24, 2.45) is 0 Å². The first-order chi connectivity index (χ1) is 8.25.